The molecule has 0 unspecified atom stereocenters. The third-order valence-electron chi connectivity index (χ3n) is 10.2. The summed E-state index contributed by atoms with van der Waals surface area (Å²) in [7, 11) is 8.48. The fourth-order valence-electron chi connectivity index (χ4n) is 7.32. The Balaban J connectivity index is 1.48. The smallest absolute Gasteiger partial charge is 0.118 e. The minimum atomic E-state index is 0.810. The van der Waals surface area contributed by atoms with Crippen molar-refractivity contribution in [2.45, 2.75) is 0 Å². The standard InChI is InChI=1S/C49H40O5/c1-50-38-16-6-31(7-17-38)43-27-36-26-37-28-44(32-8-18-39(51-2)19-9-32)46(34-12-22-41(53-4)23-13-34)30-48(37)49(35-14-24-42(54-5)25-15-35)47(36)29-45(43)33-10-20-40(52-3)21-11-33/h6-30H,1-5H3. The van der Waals surface area contributed by atoms with Crippen LogP contribution in [-0.2, 0) is 0 Å². The van der Waals surface area contributed by atoms with Crippen molar-refractivity contribution in [3.8, 4) is 84.4 Å². The minimum absolute atomic E-state index is 0.810. The second kappa shape index (κ2) is 14.7. The summed E-state index contributed by atoms with van der Waals surface area (Å²) in [6.45, 7) is 0. The van der Waals surface area contributed by atoms with E-state index in [0.29, 0.717) is 0 Å². The summed E-state index contributed by atoms with van der Waals surface area (Å²) >= 11 is 0. The number of ether oxygens (including phenoxy) is 5. The van der Waals surface area contributed by atoms with Gasteiger partial charge in [0, 0.05) is 0 Å². The first-order valence-electron chi connectivity index (χ1n) is 17.8. The zero-order valence-electron chi connectivity index (χ0n) is 31.0. The zero-order chi connectivity index (χ0) is 37.2. The van der Waals surface area contributed by atoms with Crippen LogP contribution in [0.15, 0.2) is 152 Å². The van der Waals surface area contributed by atoms with Gasteiger partial charge in [0.15, 0.2) is 0 Å². The Kier molecular flexibility index (Phi) is 9.37. The second-order valence-electron chi connectivity index (χ2n) is 13.1. The molecule has 54 heavy (non-hydrogen) atoms. The van der Waals surface area contributed by atoms with Crippen LogP contribution in [0.5, 0.6) is 28.7 Å². The fraction of sp³-hybridized carbons (Fsp3) is 0.102. The van der Waals surface area contributed by atoms with Crippen molar-refractivity contribution in [3.05, 3.63) is 152 Å². The molecule has 0 fully saturated rings. The highest BCUT2D eigenvalue weighted by Gasteiger charge is 2.19. The lowest BCUT2D eigenvalue weighted by Crippen LogP contribution is -1.94. The summed E-state index contributed by atoms with van der Waals surface area (Å²) in [4.78, 5) is 0. The molecule has 0 spiro atoms. The Morgan fingerprint density at radius 2 is 0.500 bits per heavy atom. The SMILES string of the molecule is COc1ccc(-c2cc3cc4cc(-c5ccc(OC)cc5)c(-c5ccc(OC)cc5)cc4c(-c4ccc(OC)cc4)c3cc2-c2ccc(OC)cc2)cc1. The molecule has 0 saturated heterocycles. The Bertz CT molecular complexity index is 2420. The van der Waals surface area contributed by atoms with Crippen LogP contribution < -0.4 is 23.7 Å². The van der Waals surface area contributed by atoms with Crippen molar-refractivity contribution in [2.24, 2.45) is 0 Å². The summed E-state index contributed by atoms with van der Waals surface area (Å²) in [5, 5.41) is 4.56. The Morgan fingerprint density at radius 1 is 0.259 bits per heavy atom. The van der Waals surface area contributed by atoms with Crippen molar-refractivity contribution in [2.75, 3.05) is 35.5 Å². The number of hydrogen-bond donors (Lipinski definition) is 0. The summed E-state index contributed by atoms with van der Waals surface area (Å²) in [6.07, 6.45) is 0. The van der Waals surface area contributed by atoms with Crippen molar-refractivity contribution in [1.82, 2.24) is 0 Å². The van der Waals surface area contributed by atoms with Crippen LogP contribution in [0.3, 0.4) is 0 Å². The monoisotopic (exact) mass is 708 g/mol. The number of rotatable bonds is 10. The fourth-order valence-corrected chi connectivity index (χ4v) is 7.32. The molecule has 5 heteroatoms. The van der Waals surface area contributed by atoms with E-state index in [2.05, 4.69) is 91.0 Å². The van der Waals surface area contributed by atoms with Gasteiger partial charge in [-0.05, 0) is 168 Å². The van der Waals surface area contributed by atoms with Crippen molar-refractivity contribution in [1.29, 1.82) is 0 Å². The van der Waals surface area contributed by atoms with Crippen LogP contribution in [0.4, 0.5) is 0 Å². The summed E-state index contributed by atoms with van der Waals surface area (Å²) < 4.78 is 27.7. The van der Waals surface area contributed by atoms with Gasteiger partial charge in [0.2, 0.25) is 0 Å². The minimum Gasteiger partial charge on any atom is -0.497 e. The van der Waals surface area contributed by atoms with E-state index in [4.69, 9.17) is 23.7 Å². The van der Waals surface area contributed by atoms with Crippen LogP contribution in [0.25, 0.3) is 77.2 Å². The molecule has 8 rings (SSSR count). The summed E-state index contributed by atoms with van der Waals surface area (Å²) in [5.74, 6) is 4.07. The largest absolute Gasteiger partial charge is 0.497 e. The van der Waals surface area contributed by atoms with E-state index < -0.39 is 0 Å². The van der Waals surface area contributed by atoms with Gasteiger partial charge >= 0.3 is 0 Å². The maximum Gasteiger partial charge on any atom is 0.118 e. The molecule has 0 aliphatic rings. The van der Waals surface area contributed by atoms with E-state index in [0.717, 1.165) is 106 Å². The van der Waals surface area contributed by atoms with Crippen molar-refractivity contribution < 1.29 is 23.7 Å². The number of methoxy groups -OCH3 is 5. The molecule has 0 aliphatic heterocycles. The van der Waals surface area contributed by atoms with Gasteiger partial charge in [-0.3, -0.25) is 0 Å². The number of benzene rings is 8. The molecule has 266 valence electrons. The molecule has 0 radical (unpaired) electrons. The number of fused-ring (bicyclic) bond motifs is 2. The van der Waals surface area contributed by atoms with Crippen LogP contribution in [0.2, 0.25) is 0 Å². The number of hydrogen-bond acceptors (Lipinski definition) is 5. The third-order valence-corrected chi connectivity index (χ3v) is 10.2. The quantitative estimate of drug-likeness (QED) is 0.132. The average molecular weight is 709 g/mol. The molecule has 0 heterocycles. The van der Waals surface area contributed by atoms with Crippen LogP contribution >= 0.6 is 0 Å². The van der Waals surface area contributed by atoms with Gasteiger partial charge < -0.3 is 23.7 Å². The average Bonchev–Trinajstić information content (AvgIpc) is 3.25. The van der Waals surface area contributed by atoms with E-state index in [9.17, 15) is 0 Å². The highest BCUT2D eigenvalue weighted by Crippen LogP contribution is 2.46. The first kappa shape index (κ1) is 34.4. The normalized spacial score (nSPS) is 11.1. The molecular weight excluding hydrogens is 669 g/mol. The molecule has 0 N–H and O–H groups in total. The first-order valence-corrected chi connectivity index (χ1v) is 17.8. The van der Waals surface area contributed by atoms with Gasteiger partial charge in [-0.15, -0.1) is 0 Å². The molecule has 8 aromatic carbocycles. The Labute approximate surface area is 315 Å². The van der Waals surface area contributed by atoms with Gasteiger partial charge in [0.25, 0.3) is 0 Å². The molecule has 8 aromatic rings. The molecule has 0 aliphatic carbocycles. The molecule has 0 aromatic heterocycles. The van der Waals surface area contributed by atoms with E-state index in [1.165, 1.54) is 0 Å². The summed E-state index contributed by atoms with van der Waals surface area (Å²) in [5.41, 5.74) is 11.1. The van der Waals surface area contributed by atoms with Crippen molar-refractivity contribution >= 4 is 21.5 Å². The van der Waals surface area contributed by atoms with E-state index in [-0.39, 0.29) is 0 Å². The second-order valence-corrected chi connectivity index (χ2v) is 13.1. The van der Waals surface area contributed by atoms with Crippen LogP contribution in [-0.4, -0.2) is 35.5 Å². The van der Waals surface area contributed by atoms with Crippen molar-refractivity contribution in [3.63, 3.8) is 0 Å². The molecule has 0 amide bonds. The van der Waals surface area contributed by atoms with Gasteiger partial charge in [0.1, 0.15) is 28.7 Å². The molecule has 0 bridgehead atoms. The van der Waals surface area contributed by atoms with E-state index in [1.807, 2.05) is 60.7 Å². The van der Waals surface area contributed by atoms with E-state index >= 15 is 0 Å². The molecule has 0 atom stereocenters. The van der Waals surface area contributed by atoms with Gasteiger partial charge in [0.05, 0.1) is 35.5 Å². The van der Waals surface area contributed by atoms with Gasteiger partial charge in [-0.25, -0.2) is 0 Å². The van der Waals surface area contributed by atoms with Crippen LogP contribution in [0, 0.1) is 0 Å². The lowest BCUT2D eigenvalue weighted by molar-refractivity contribution is 0.414. The topological polar surface area (TPSA) is 46.2 Å². The lowest BCUT2D eigenvalue weighted by atomic mass is 9.84. The maximum absolute atomic E-state index is 5.60. The predicted molar refractivity (Wildman–Crippen MR) is 221 cm³/mol. The Hall–Kier alpha value is -6.72. The van der Waals surface area contributed by atoms with Gasteiger partial charge in [-0.1, -0.05) is 60.7 Å². The Morgan fingerprint density at radius 3 is 0.759 bits per heavy atom. The molecular formula is C49H40O5. The lowest BCUT2D eigenvalue weighted by Gasteiger charge is -2.20. The first-order chi connectivity index (χ1) is 26.5. The molecule has 0 saturated carbocycles. The molecule has 5 nitrogen and oxygen atoms in total. The maximum atomic E-state index is 5.60. The van der Waals surface area contributed by atoms with E-state index in [1.54, 1.807) is 35.5 Å². The highest BCUT2D eigenvalue weighted by molar-refractivity contribution is 6.17. The third kappa shape index (κ3) is 6.45. The highest BCUT2D eigenvalue weighted by atomic mass is 16.5. The summed E-state index contributed by atoms with van der Waals surface area (Å²) in [6, 6.07) is 53.2. The zero-order valence-corrected chi connectivity index (χ0v) is 31.0. The van der Waals surface area contributed by atoms with Crippen LogP contribution in [0.1, 0.15) is 0 Å². The van der Waals surface area contributed by atoms with Gasteiger partial charge in [-0.2, -0.15) is 0 Å². The predicted octanol–water partition coefficient (Wildman–Crippen LogP) is 12.4.